The fourth-order valence-electron chi connectivity index (χ4n) is 3.83. The summed E-state index contributed by atoms with van der Waals surface area (Å²) in [6, 6.07) is 6.97. The van der Waals surface area contributed by atoms with Crippen molar-refractivity contribution in [2.24, 2.45) is 5.92 Å². The highest BCUT2D eigenvalue weighted by Gasteiger charge is 2.49. The number of pyridine rings is 1. The highest BCUT2D eigenvalue weighted by Crippen LogP contribution is 2.50. The standard InChI is InChI=1S/C25H19F5N4O/c1-14(22-23(33-7-6-32-22)20-5-2-15(12-31)13-34-20)8-21(35)16-9-18(24(26,27)17-3-4-17)11-19(10-16)25(28,29)30/h2,5-7,9-11,13-14,17H,3-4,8H2,1H3/t14-/m1/s1. The molecule has 0 amide bonds. The predicted octanol–water partition coefficient (Wildman–Crippen LogP) is 6.31. The minimum atomic E-state index is -4.88. The average Bonchev–Trinajstić information content (AvgIpc) is 3.69. The van der Waals surface area contributed by atoms with Crippen LogP contribution in [0.2, 0.25) is 0 Å². The van der Waals surface area contributed by atoms with E-state index in [0.29, 0.717) is 34.8 Å². The van der Waals surface area contributed by atoms with Crippen molar-refractivity contribution >= 4 is 5.78 Å². The van der Waals surface area contributed by atoms with Crippen molar-refractivity contribution in [1.29, 1.82) is 5.26 Å². The lowest BCUT2D eigenvalue weighted by molar-refractivity contribution is -0.137. The zero-order valence-electron chi connectivity index (χ0n) is 18.5. The number of benzene rings is 1. The summed E-state index contributed by atoms with van der Waals surface area (Å²) in [6.07, 6.45) is -0.527. The third-order valence-electron chi connectivity index (χ3n) is 5.88. The summed E-state index contributed by atoms with van der Waals surface area (Å²) in [6.45, 7) is 1.64. The summed E-state index contributed by atoms with van der Waals surface area (Å²) in [4.78, 5) is 25.7. The Bertz CT molecular complexity index is 1290. The van der Waals surface area contributed by atoms with Gasteiger partial charge in [0.05, 0.1) is 22.5 Å². The summed E-state index contributed by atoms with van der Waals surface area (Å²) in [5.74, 6) is -5.79. The van der Waals surface area contributed by atoms with E-state index in [1.807, 2.05) is 6.07 Å². The normalized spacial score (nSPS) is 14.9. The summed E-state index contributed by atoms with van der Waals surface area (Å²) >= 11 is 0. The number of rotatable bonds is 7. The number of hydrogen-bond acceptors (Lipinski definition) is 5. The number of ketones is 1. The van der Waals surface area contributed by atoms with Crippen molar-refractivity contribution in [3.8, 4) is 17.5 Å². The third-order valence-corrected chi connectivity index (χ3v) is 5.88. The van der Waals surface area contributed by atoms with Crippen molar-refractivity contribution in [3.05, 3.63) is 76.9 Å². The summed E-state index contributed by atoms with van der Waals surface area (Å²) in [5.41, 5.74) is -1.05. The fraction of sp³-hybridized carbons (Fsp3) is 0.320. The van der Waals surface area contributed by atoms with E-state index in [1.165, 1.54) is 18.6 Å². The molecule has 0 spiro atoms. The van der Waals surface area contributed by atoms with Crippen molar-refractivity contribution in [2.75, 3.05) is 0 Å². The van der Waals surface area contributed by atoms with Gasteiger partial charge < -0.3 is 0 Å². The Morgan fingerprint density at radius 1 is 1.06 bits per heavy atom. The number of nitriles is 1. The van der Waals surface area contributed by atoms with E-state index in [0.717, 1.165) is 6.07 Å². The van der Waals surface area contributed by atoms with Crippen molar-refractivity contribution in [3.63, 3.8) is 0 Å². The maximum Gasteiger partial charge on any atom is 0.416 e. The molecule has 0 radical (unpaired) electrons. The second kappa shape index (κ2) is 9.13. The Morgan fingerprint density at radius 3 is 2.34 bits per heavy atom. The lowest BCUT2D eigenvalue weighted by Gasteiger charge is -2.20. The molecule has 10 heteroatoms. The molecule has 1 aliphatic rings. The molecule has 5 nitrogen and oxygen atoms in total. The van der Waals surface area contributed by atoms with Gasteiger partial charge in [0.15, 0.2) is 5.78 Å². The number of halogens is 5. The molecule has 0 bridgehead atoms. The van der Waals surface area contributed by atoms with Crippen LogP contribution in [0.25, 0.3) is 11.4 Å². The van der Waals surface area contributed by atoms with Gasteiger partial charge in [0.25, 0.3) is 5.92 Å². The molecule has 0 N–H and O–H groups in total. The number of hydrogen-bond donors (Lipinski definition) is 0. The van der Waals surface area contributed by atoms with Crippen LogP contribution in [0, 0.1) is 17.2 Å². The largest absolute Gasteiger partial charge is 0.416 e. The average molecular weight is 486 g/mol. The molecule has 1 fully saturated rings. The van der Waals surface area contributed by atoms with Gasteiger partial charge >= 0.3 is 6.18 Å². The van der Waals surface area contributed by atoms with Crippen LogP contribution in [0.4, 0.5) is 22.0 Å². The molecular formula is C25H19F5N4O. The molecular weight excluding hydrogens is 467 g/mol. The van der Waals surface area contributed by atoms with Gasteiger partial charge in [0, 0.05) is 48.0 Å². The second-order valence-corrected chi connectivity index (χ2v) is 8.56. The van der Waals surface area contributed by atoms with Gasteiger partial charge in [-0.1, -0.05) is 6.92 Å². The maximum absolute atomic E-state index is 14.7. The van der Waals surface area contributed by atoms with Gasteiger partial charge in [-0.15, -0.1) is 0 Å². The van der Waals surface area contributed by atoms with Crippen LogP contribution in [0.1, 0.15) is 64.8 Å². The van der Waals surface area contributed by atoms with Crippen molar-refractivity contribution < 1.29 is 26.7 Å². The highest BCUT2D eigenvalue weighted by atomic mass is 19.4. The lowest BCUT2D eigenvalue weighted by atomic mass is 9.91. The highest BCUT2D eigenvalue weighted by molar-refractivity contribution is 5.97. The number of nitrogens with zero attached hydrogens (tertiary/aromatic N) is 4. The van der Waals surface area contributed by atoms with Crippen LogP contribution >= 0.6 is 0 Å². The first-order valence-corrected chi connectivity index (χ1v) is 10.8. The van der Waals surface area contributed by atoms with Crippen LogP contribution in [0.3, 0.4) is 0 Å². The SMILES string of the molecule is C[C@H](CC(=O)c1cc(C(F)(F)F)cc(C(F)(F)C2CC2)c1)c1nccnc1-c1ccc(C#N)cn1. The van der Waals surface area contributed by atoms with E-state index in [9.17, 15) is 26.7 Å². The van der Waals surface area contributed by atoms with Gasteiger partial charge in [-0.2, -0.15) is 18.4 Å². The zero-order chi connectivity index (χ0) is 25.4. The van der Waals surface area contributed by atoms with Crippen LogP contribution in [0.15, 0.2) is 48.9 Å². The number of carbonyl (C=O) groups excluding carboxylic acids is 1. The van der Waals surface area contributed by atoms with E-state index < -0.39 is 46.4 Å². The minimum Gasteiger partial charge on any atom is -0.294 e. The van der Waals surface area contributed by atoms with Crippen LogP contribution < -0.4 is 0 Å². The van der Waals surface area contributed by atoms with Crippen LogP contribution in [-0.2, 0) is 12.1 Å². The lowest BCUT2D eigenvalue weighted by Crippen LogP contribution is -2.19. The van der Waals surface area contributed by atoms with E-state index in [4.69, 9.17) is 5.26 Å². The Balaban J connectivity index is 1.65. The Labute approximate surface area is 197 Å². The first kappa shape index (κ1) is 24.4. The first-order valence-electron chi connectivity index (χ1n) is 10.8. The maximum atomic E-state index is 14.7. The summed E-state index contributed by atoms with van der Waals surface area (Å²) in [7, 11) is 0. The Kier molecular flexibility index (Phi) is 6.36. The molecule has 35 heavy (non-hydrogen) atoms. The molecule has 2 heterocycles. The third kappa shape index (κ3) is 5.19. The van der Waals surface area contributed by atoms with Gasteiger partial charge in [-0.25, -0.2) is 8.78 Å². The van der Waals surface area contributed by atoms with E-state index in [1.54, 1.807) is 19.1 Å². The summed E-state index contributed by atoms with van der Waals surface area (Å²) < 4.78 is 69.6. The van der Waals surface area contributed by atoms with Crippen LogP contribution in [0.5, 0.6) is 0 Å². The molecule has 4 rings (SSSR count). The smallest absolute Gasteiger partial charge is 0.294 e. The summed E-state index contributed by atoms with van der Waals surface area (Å²) in [5, 5.41) is 8.95. The molecule has 0 saturated heterocycles. The Morgan fingerprint density at radius 2 is 1.74 bits per heavy atom. The van der Waals surface area contributed by atoms with E-state index in [-0.39, 0.29) is 19.3 Å². The molecule has 0 unspecified atom stereocenters. The zero-order valence-corrected chi connectivity index (χ0v) is 18.5. The van der Waals surface area contributed by atoms with Gasteiger partial charge in [-0.05, 0) is 43.2 Å². The fourth-order valence-corrected chi connectivity index (χ4v) is 3.83. The van der Waals surface area contributed by atoms with Crippen molar-refractivity contribution in [2.45, 2.75) is 44.2 Å². The topological polar surface area (TPSA) is 79.5 Å². The molecule has 1 aromatic carbocycles. The van der Waals surface area contributed by atoms with Gasteiger partial charge in [0.1, 0.15) is 11.8 Å². The predicted molar refractivity (Wildman–Crippen MR) is 115 cm³/mol. The molecule has 180 valence electrons. The molecule has 1 saturated carbocycles. The minimum absolute atomic E-state index is 0.225. The van der Waals surface area contributed by atoms with Crippen molar-refractivity contribution in [1.82, 2.24) is 15.0 Å². The number of Topliss-reactive ketones (excluding diaryl/α,β-unsaturated/α-hetero) is 1. The van der Waals surface area contributed by atoms with E-state index >= 15 is 0 Å². The molecule has 2 aromatic heterocycles. The first-order chi connectivity index (χ1) is 16.5. The number of alkyl halides is 5. The molecule has 0 aliphatic heterocycles. The Hall–Kier alpha value is -3.74. The molecule has 1 aliphatic carbocycles. The monoisotopic (exact) mass is 486 g/mol. The van der Waals surface area contributed by atoms with Gasteiger partial charge in [-0.3, -0.25) is 19.7 Å². The van der Waals surface area contributed by atoms with Crippen LogP contribution in [-0.4, -0.2) is 20.7 Å². The molecule has 1 atom stereocenters. The van der Waals surface area contributed by atoms with E-state index in [2.05, 4.69) is 15.0 Å². The number of carbonyl (C=O) groups is 1. The molecule has 3 aromatic rings. The second-order valence-electron chi connectivity index (χ2n) is 8.56. The van der Waals surface area contributed by atoms with Gasteiger partial charge in [0.2, 0.25) is 0 Å². The quantitative estimate of drug-likeness (QED) is 0.289. The number of aromatic nitrogens is 3.